The van der Waals surface area contributed by atoms with E-state index in [2.05, 4.69) is 19.2 Å². The van der Waals surface area contributed by atoms with Crippen molar-refractivity contribution in [2.24, 2.45) is 11.3 Å². The van der Waals surface area contributed by atoms with Crippen molar-refractivity contribution in [3.63, 3.8) is 0 Å². The van der Waals surface area contributed by atoms with Crippen LogP contribution in [-0.2, 0) is 0 Å². The summed E-state index contributed by atoms with van der Waals surface area (Å²) in [6.07, 6.45) is 14.4. The lowest BCUT2D eigenvalue weighted by Gasteiger charge is -2.21. The van der Waals surface area contributed by atoms with E-state index in [9.17, 15) is 0 Å². The Morgan fingerprint density at radius 1 is 1.06 bits per heavy atom. The van der Waals surface area contributed by atoms with Crippen LogP contribution >= 0.6 is 0 Å². The topological polar surface area (TPSA) is 12.0 Å². The monoisotopic (exact) mass is 237 g/mol. The number of hydrogen-bond donors (Lipinski definition) is 1. The highest BCUT2D eigenvalue weighted by atomic mass is 14.9. The first-order valence-corrected chi connectivity index (χ1v) is 8.01. The lowest BCUT2D eigenvalue weighted by Crippen LogP contribution is -2.33. The van der Waals surface area contributed by atoms with E-state index in [-0.39, 0.29) is 0 Å². The zero-order valence-electron chi connectivity index (χ0n) is 11.9. The second-order valence-corrected chi connectivity index (χ2v) is 6.61. The molecule has 1 N–H and O–H groups in total. The Morgan fingerprint density at radius 3 is 2.53 bits per heavy atom. The highest BCUT2D eigenvalue weighted by molar-refractivity contribution is 4.95. The summed E-state index contributed by atoms with van der Waals surface area (Å²) in [6.45, 7) is 6.00. The van der Waals surface area contributed by atoms with Crippen LogP contribution in [0.4, 0.5) is 0 Å². The van der Waals surface area contributed by atoms with Crippen LogP contribution in [0.5, 0.6) is 0 Å². The lowest BCUT2D eigenvalue weighted by molar-refractivity contribution is 0.362. The average Bonchev–Trinajstić information content (AvgIpc) is 3.11. The second-order valence-electron chi connectivity index (χ2n) is 6.61. The van der Waals surface area contributed by atoms with E-state index in [1.54, 1.807) is 0 Å². The molecular weight excluding hydrogens is 206 g/mol. The molecular formula is C16H31N. The van der Waals surface area contributed by atoms with Crippen LogP contribution in [0.3, 0.4) is 0 Å². The molecule has 2 saturated carbocycles. The van der Waals surface area contributed by atoms with Gasteiger partial charge in [-0.2, -0.15) is 0 Å². The van der Waals surface area contributed by atoms with Gasteiger partial charge in [0.15, 0.2) is 0 Å². The average molecular weight is 237 g/mol. The molecule has 2 aliphatic carbocycles. The van der Waals surface area contributed by atoms with Crippen LogP contribution in [0.1, 0.15) is 78.1 Å². The molecule has 0 amide bonds. The van der Waals surface area contributed by atoms with Gasteiger partial charge >= 0.3 is 0 Å². The van der Waals surface area contributed by atoms with Gasteiger partial charge in [-0.3, -0.25) is 0 Å². The number of hydrogen-bond acceptors (Lipinski definition) is 1. The molecule has 100 valence electrons. The quantitative estimate of drug-likeness (QED) is 0.670. The minimum absolute atomic E-state index is 0.727. The van der Waals surface area contributed by atoms with Crippen molar-refractivity contribution in [2.75, 3.05) is 6.54 Å². The van der Waals surface area contributed by atoms with Crippen molar-refractivity contribution in [1.82, 2.24) is 5.32 Å². The first-order valence-electron chi connectivity index (χ1n) is 8.01. The van der Waals surface area contributed by atoms with Gasteiger partial charge < -0.3 is 5.32 Å². The van der Waals surface area contributed by atoms with Crippen molar-refractivity contribution in [1.29, 1.82) is 0 Å². The molecule has 1 heteroatoms. The smallest absolute Gasteiger partial charge is 0.00673 e. The van der Waals surface area contributed by atoms with Gasteiger partial charge in [-0.25, -0.2) is 0 Å². The van der Waals surface area contributed by atoms with Crippen molar-refractivity contribution < 1.29 is 0 Å². The van der Waals surface area contributed by atoms with Crippen molar-refractivity contribution in [2.45, 2.75) is 84.1 Å². The summed E-state index contributed by atoms with van der Waals surface area (Å²) >= 11 is 0. The van der Waals surface area contributed by atoms with E-state index in [1.807, 2.05) is 0 Å². The molecule has 2 unspecified atom stereocenters. The van der Waals surface area contributed by atoms with Crippen LogP contribution < -0.4 is 5.32 Å². The van der Waals surface area contributed by atoms with E-state index in [0.29, 0.717) is 0 Å². The van der Waals surface area contributed by atoms with Crippen molar-refractivity contribution in [3.8, 4) is 0 Å². The minimum atomic E-state index is 0.727. The van der Waals surface area contributed by atoms with Gasteiger partial charge in [0.05, 0.1) is 0 Å². The summed E-state index contributed by atoms with van der Waals surface area (Å²) in [6, 6.07) is 0.834. The number of rotatable bonds is 6. The molecule has 0 aliphatic heterocycles. The molecule has 0 aromatic rings. The molecule has 0 aromatic heterocycles. The van der Waals surface area contributed by atoms with E-state index < -0.39 is 0 Å². The van der Waals surface area contributed by atoms with Crippen molar-refractivity contribution >= 4 is 0 Å². The molecule has 1 nitrogen and oxygen atoms in total. The molecule has 0 bridgehead atoms. The summed E-state index contributed by atoms with van der Waals surface area (Å²) in [5.41, 5.74) is 0.727. The van der Waals surface area contributed by atoms with E-state index in [0.717, 1.165) is 17.4 Å². The Bertz CT molecular complexity index is 220. The third-order valence-corrected chi connectivity index (χ3v) is 5.17. The molecule has 0 aromatic carbocycles. The maximum absolute atomic E-state index is 3.89. The fourth-order valence-electron chi connectivity index (χ4n) is 3.57. The molecule has 2 aliphatic rings. The van der Waals surface area contributed by atoms with Gasteiger partial charge in [-0.1, -0.05) is 39.5 Å². The third-order valence-electron chi connectivity index (χ3n) is 5.17. The van der Waals surface area contributed by atoms with Gasteiger partial charge in [0, 0.05) is 12.6 Å². The van der Waals surface area contributed by atoms with Gasteiger partial charge in [0.1, 0.15) is 0 Å². The van der Waals surface area contributed by atoms with Crippen LogP contribution in [0, 0.1) is 11.3 Å². The highest BCUT2D eigenvalue weighted by Gasteiger charge is 2.41. The Balaban J connectivity index is 1.69. The van der Waals surface area contributed by atoms with Gasteiger partial charge in [-0.05, 0) is 49.9 Å². The zero-order valence-corrected chi connectivity index (χ0v) is 11.9. The summed E-state index contributed by atoms with van der Waals surface area (Å²) < 4.78 is 0. The summed E-state index contributed by atoms with van der Waals surface area (Å²) in [5, 5.41) is 3.89. The predicted molar refractivity (Wildman–Crippen MR) is 75.2 cm³/mol. The number of nitrogens with one attached hydrogen (secondary N) is 1. The molecule has 17 heavy (non-hydrogen) atoms. The van der Waals surface area contributed by atoms with Gasteiger partial charge in [0.2, 0.25) is 0 Å². The van der Waals surface area contributed by atoms with E-state index in [1.165, 1.54) is 70.8 Å². The molecule has 0 heterocycles. The van der Waals surface area contributed by atoms with Gasteiger partial charge in [0.25, 0.3) is 0 Å². The van der Waals surface area contributed by atoms with Crippen LogP contribution in [-0.4, -0.2) is 12.6 Å². The Hall–Kier alpha value is -0.0400. The molecule has 0 radical (unpaired) electrons. The van der Waals surface area contributed by atoms with Crippen molar-refractivity contribution in [3.05, 3.63) is 0 Å². The standard InChI is InChI=1S/C16H31N/c1-3-10-16(11-12-16)13-17-15-7-5-6-14(4-2)8-9-15/h14-15,17H,3-13H2,1-2H3. The maximum atomic E-state index is 3.89. The zero-order chi connectivity index (χ0) is 12.1. The minimum Gasteiger partial charge on any atom is -0.313 e. The first kappa shape index (κ1) is 13.4. The predicted octanol–water partition coefficient (Wildman–Crippen LogP) is 4.52. The van der Waals surface area contributed by atoms with E-state index >= 15 is 0 Å². The Labute approximate surface area is 108 Å². The SMILES string of the molecule is CCCC1(CNC2CCCC(CC)CC2)CC1. The molecule has 2 atom stereocenters. The summed E-state index contributed by atoms with van der Waals surface area (Å²) in [5.74, 6) is 1.02. The van der Waals surface area contributed by atoms with E-state index in [4.69, 9.17) is 0 Å². The normalized spacial score (nSPS) is 32.1. The Kier molecular flexibility index (Phi) is 4.90. The fourth-order valence-corrected chi connectivity index (χ4v) is 3.57. The second kappa shape index (κ2) is 6.22. The summed E-state index contributed by atoms with van der Waals surface area (Å²) in [4.78, 5) is 0. The van der Waals surface area contributed by atoms with Crippen LogP contribution in [0.2, 0.25) is 0 Å². The molecule has 0 spiro atoms. The molecule has 2 fully saturated rings. The summed E-state index contributed by atoms with van der Waals surface area (Å²) in [7, 11) is 0. The largest absolute Gasteiger partial charge is 0.313 e. The highest BCUT2D eigenvalue weighted by Crippen LogP contribution is 2.49. The maximum Gasteiger partial charge on any atom is 0.00673 e. The first-order chi connectivity index (χ1) is 8.28. The lowest BCUT2D eigenvalue weighted by atomic mass is 9.97. The van der Waals surface area contributed by atoms with Crippen LogP contribution in [0.25, 0.3) is 0 Å². The fraction of sp³-hybridized carbons (Fsp3) is 1.00. The third kappa shape index (κ3) is 3.98. The molecule has 0 saturated heterocycles. The van der Waals surface area contributed by atoms with Crippen LogP contribution in [0.15, 0.2) is 0 Å². The molecule has 2 rings (SSSR count). The Morgan fingerprint density at radius 2 is 1.88 bits per heavy atom. The van der Waals surface area contributed by atoms with Gasteiger partial charge in [-0.15, -0.1) is 0 Å².